The van der Waals surface area contributed by atoms with Gasteiger partial charge in [0, 0.05) is 5.54 Å². The summed E-state index contributed by atoms with van der Waals surface area (Å²) in [6, 6.07) is 0. The monoisotopic (exact) mass is 209 g/mol. The Morgan fingerprint density at radius 2 is 1.87 bits per heavy atom. The fourth-order valence-corrected chi connectivity index (χ4v) is 3.59. The highest BCUT2D eigenvalue weighted by atomic mass is 15.0. The minimum absolute atomic E-state index is 0.528. The summed E-state index contributed by atoms with van der Waals surface area (Å²) in [5.74, 6) is 1.03. The molecule has 0 aromatic rings. The Morgan fingerprint density at radius 1 is 1.07 bits per heavy atom. The van der Waals surface area contributed by atoms with Crippen molar-refractivity contribution in [3.63, 3.8) is 0 Å². The summed E-state index contributed by atoms with van der Waals surface area (Å²) < 4.78 is 0. The first-order valence-corrected chi connectivity index (χ1v) is 7.10. The summed E-state index contributed by atoms with van der Waals surface area (Å²) >= 11 is 0. The van der Waals surface area contributed by atoms with Gasteiger partial charge in [0.1, 0.15) is 0 Å². The third-order valence-corrected chi connectivity index (χ3v) is 4.66. The van der Waals surface area contributed by atoms with Gasteiger partial charge in [-0.2, -0.15) is 0 Å². The molecule has 1 atom stereocenters. The maximum Gasteiger partial charge on any atom is 0.0181 e. The second-order valence-corrected chi connectivity index (χ2v) is 5.73. The molecule has 0 spiro atoms. The molecule has 1 unspecified atom stereocenters. The van der Waals surface area contributed by atoms with Gasteiger partial charge in [0.2, 0.25) is 0 Å². The highest BCUT2D eigenvalue weighted by Crippen LogP contribution is 2.35. The zero-order valence-corrected chi connectivity index (χ0v) is 10.4. The molecule has 1 saturated heterocycles. The quantitative estimate of drug-likeness (QED) is 0.744. The van der Waals surface area contributed by atoms with E-state index in [4.69, 9.17) is 0 Å². The lowest BCUT2D eigenvalue weighted by Crippen LogP contribution is -2.49. The van der Waals surface area contributed by atoms with Gasteiger partial charge in [0.15, 0.2) is 0 Å². The smallest absolute Gasteiger partial charge is 0.0181 e. The molecule has 0 radical (unpaired) electrons. The molecule has 1 saturated carbocycles. The van der Waals surface area contributed by atoms with Crippen molar-refractivity contribution in [2.75, 3.05) is 6.54 Å². The van der Waals surface area contributed by atoms with E-state index in [1.54, 1.807) is 0 Å². The van der Waals surface area contributed by atoms with Gasteiger partial charge in [-0.15, -0.1) is 0 Å². The molecule has 1 aliphatic heterocycles. The Kier molecular flexibility index (Phi) is 4.07. The van der Waals surface area contributed by atoms with Crippen molar-refractivity contribution in [2.24, 2.45) is 5.92 Å². The molecule has 1 nitrogen and oxygen atoms in total. The molecule has 2 rings (SSSR count). The van der Waals surface area contributed by atoms with E-state index in [0.29, 0.717) is 5.54 Å². The van der Waals surface area contributed by atoms with E-state index >= 15 is 0 Å². The number of piperidine rings is 1. The molecule has 2 fully saturated rings. The molecule has 88 valence electrons. The second-order valence-electron chi connectivity index (χ2n) is 5.73. The molecule has 1 N–H and O–H groups in total. The van der Waals surface area contributed by atoms with Gasteiger partial charge < -0.3 is 5.32 Å². The van der Waals surface area contributed by atoms with Gasteiger partial charge in [-0.1, -0.05) is 45.4 Å². The zero-order valence-electron chi connectivity index (χ0n) is 10.4. The molecule has 2 aliphatic rings. The minimum Gasteiger partial charge on any atom is -0.311 e. The van der Waals surface area contributed by atoms with Crippen molar-refractivity contribution in [3.05, 3.63) is 0 Å². The fraction of sp³-hybridized carbons (Fsp3) is 1.00. The Labute approximate surface area is 95.0 Å². The minimum atomic E-state index is 0.528. The van der Waals surface area contributed by atoms with Gasteiger partial charge in [0.25, 0.3) is 0 Å². The molecule has 15 heavy (non-hydrogen) atoms. The van der Waals surface area contributed by atoms with Gasteiger partial charge in [0.05, 0.1) is 0 Å². The van der Waals surface area contributed by atoms with Crippen LogP contribution in [0.3, 0.4) is 0 Å². The number of hydrogen-bond donors (Lipinski definition) is 1. The summed E-state index contributed by atoms with van der Waals surface area (Å²) in [4.78, 5) is 0. The standard InChI is InChI=1S/C14H27N/c1-2-14(10-6-7-11-15-14)12-13-8-4-3-5-9-13/h13,15H,2-12H2,1H3. The largest absolute Gasteiger partial charge is 0.311 e. The molecule has 0 aromatic heterocycles. The molecular weight excluding hydrogens is 182 g/mol. The van der Waals surface area contributed by atoms with E-state index < -0.39 is 0 Å². The van der Waals surface area contributed by atoms with Crippen molar-refractivity contribution in [1.29, 1.82) is 0 Å². The highest BCUT2D eigenvalue weighted by molar-refractivity contribution is 4.92. The lowest BCUT2D eigenvalue weighted by Gasteiger charge is -2.41. The van der Waals surface area contributed by atoms with Crippen molar-refractivity contribution in [2.45, 2.75) is 76.7 Å². The lowest BCUT2D eigenvalue weighted by atomic mass is 9.75. The van der Waals surface area contributed by atoms with Crippen molar-refractivity contribution >= 4 is 0 Å². The molecule has 1 aliphatic carbocycles. The molecular formula is C14H27N. The van der Waals surface area contributed by atoms with Crippen LogP contribution in [0.2, 0.25) is 0 Å². The first-order chi connectivity index (χ1) is 7.35. The van der Waals surface area contributed by atoms with E-state index in [2.05, 4.69) is 12.2 Å². The summed E-state index contributed by atoms with van der Waals surface area (Å²) in [5, 5.41) is 3.83. The second kappa shape index (κ2) is 5.34. The summed E-state index contributed by atoms with van der Waals surface area (Å²) in [5.41, 5.74) is 0.528. The van der Waals surface area contributed by atoms with Gasteiger partial charge in [-0.05, 0) is 38.1 Å². The maximum absolute atomic E-state index is 3.83. The molecule has 1 heterocycles. The normalized spacial score (nSPS) is 34.2. The Morgan fingerprint density at radius 3 is 2.47 bits per heavy atom. The Balaban J connectivity index is 1.87. The summed E-state index contributed by atoms with van der Waals surface area (Å²) in [6.45, 7) is 3.64. The van der Waals surface area contributed by atoms with Gasteiger partial charge in [-0.3, -0.25) is 0 Å². The van der Waals surface area contributed by atoms with Crippen LogP contribution in [0.1, 0.15) is 71.1 Å². The van der Waals surface area contributed by atoms with E-state index in [9.17, 15) is 0 Å². The predicted molar refractivity (Wildman–Crippen MR) is 66.1 cm³/mol. The Bertz CT molecular complexity index is 176. The average Bonchev–Trinajstić information content (AvgIpc) is 2.32. The molecule has 0 aromatic carbocycles. The van der Waals surface area contributed by atoms with Gasteiger partial charge in [-0.25, -0.2) is 0 Å². The number of rotatable bonds is 3. The lowest BCUT2D eigenvalue weighted by molar-refractivity contribution is 0.173. The van der Waals surface area contributed by atoms with Crippen LogP contribution in [0, 0.1) is 5.92 Å². The van der Waals surface area contributed by atoms with Gasteiger partial charge >= 0.3 is 0 Å². The van der Waals surface area contributed by atoms with Crippen LogP contribution in [0.5, 0.6) is 0 Å². The van der Waals surface area contributed by atoms with Crippen LogP contribution in [0.4, 0.5) is 0 Å². The van der Waals surface area contributed by atoms with Crippen molar-refractivity contribution < 1.29 is 0 Å². The van der Waals surface area contributed by atoms with Crippen LogP contribution >= 0.6 is 0 Å². The van der Waals surface area contributed by atoms with E-state index in [1.165, 1.54) is 70.8 Å². The molecule has 0 amide bonds. The first-order valence-electron chi connectivity index (χ1n) is 7.10. The van der Waals surface area contributed by atoms with Crippen LogP contribution < -0.4 is 5.32 Å². The first kappa shape index (κ1) is 11.4. The number of hydrogen-bond acceptors (Lipinski definition) is 1. The third-order valence-electron chi connectivity index (χ3n) is 4.66. The van der Waals surface area contributed by atoms with Crippen LogP contribution in [-0.4, -0.2) is 12.1 Å². The van der Waals surface area contributed by atoms with Crippen molar-refractivity contribution in [3.8, 4) is 0 Å². The fourth-order valence-electron chi connectivity index (χ4n) is 3.59. The predicted octanol–water partition coefficient (Wildman–Crippen LogP) is 3.88. The van der Waals surface area contributed by atoms with E-state index in [1.807, 2.05) is 0 Å². The SMILES string of the molecule is CCC1(CC2CCCCC2)CCCCN1. The van der Waals surface area contributed by atoms with E-state index in [0.717, 1.165) is 5.92 Å². The van der Waals surface area contributed by atoms with Crippen LogP contribution in [0.25, 0.3) is 0 Å². The maximum atomic E-state index is 3.83. The average molecular weight is 209 g/mol. The summed E-state index contributed by atoms with van der Waals surface area (Å²) in [6.07, 6.45) is 14.6. The highest BCUT2D eigenvalue weighted by Gasteiger charge is 2.32. The third kappa shape index (κ3) is 2.96. The topological polar surface area (TPSA) is 12.0 Å². The Hall–Kier alpha value is -0.0400. The molecule has 0 bridgehead atoms. The van der Waals surface area contributed by atoms with Crippen LogP contribution in [0.15, 0.2) is 0 Å². The summed E-state index contributed by atoms with van der Waals surface area (Å²) in [7, 11) is 0. The van der Waals surface area contributed by atoms with E-state index in [-0.39, 0.29) is 0 Å². The van der Waals surface area contributed by atoms with Crippen LogP contribution in [-0.2, 0) is 0 Å². The number of nitrogens with one attached hydrogen (secondary N) is 1. The molecule has 1 heteroatoms. The van der Waals surface area contributed by atoms with Crippen molar-refractivity contribution in [1.82, 2.24) is 5.32 Å². The zero-order chi connectivity index (χ0) is 10.6.